The fraction of sp³-hybridized carbons (Fsp3) is 0.615. The Balaban J connectivity index is 1.83. The molecule has 1 saturated carbocycles. The van der Waals surface area contributed by atoms with Crippen molar-refractivity contribution in [2.45, 2.75) is 38.4 Å². The molecule has 1 aliphatic carbocycles. The standard InChI is InChI=1S/C13H18O2S2/c1-9-11(6-12(17-9)13(14)15)8-16-7-10-4-2-3-5-10/h6,10H,2-5,7-8H2,1H3,(H,14,15). The number of rotatable bonds is 5. The van der Waals surface area contributed by atoms with Crippen molar-refractivity contribution in [3.63, 3.8) is 0 Å². The van der Waals surface area contributed by atoms with E-state index in [2.05, 4.69) is 0 Å². The molecular weight excluding hydrogens is 252 g/mol. The smallest absolute Gasteiger partial charge is 0.345 e. The second kappa shape index (κ2) is 5.91. The van der Waals surface area contributed by atoms with Gasteiger partial charge in [0.05, 0.1) is 0 Å². The highest BCUT2D eigenvalue weighted by Gasteiger charge is 2.15. The quantitative estimate of drug-likeness (QED) is 0.872. The summed E-state index contributed by atoms with van der Waals surface area (Å²) in [6, 6.07) is 1.84. The predicted octanol–water partition coefficient (Wildman–Crippen LogP) is 4.18. The average Bonchev–Trinajstić information content (AvgIpc) is 2.89. The van der Waals surface area contributed by atoms with E-state index in [0.29, 0.717) is 4.88 Å². The van der Waals surface area contributed by atoms with Crippen LogP contribution in [-0.4, -0.2) is 16.8 Å². The van der Waals surface area contributed by atoms with Gasteiger partial charge in [-0.05, 0) is 43.1 Å². The van der Waals surface area contributed by atoms with Gasteiger partial charge in [0.25, 0.3) is 0 Å². The van der Waals surface area contributed by atoms with E-state index in [0.717, 1.165) is 16.5 Å². The molecule has 1 aromatic rings. The third-order valence-electron chi connectivity index (χ3n) is 3.32. The molecule has 0 spiro atoms. The largest absolute Gasteiger partial charge is 0.477 e. The van der Waals surface area contributed by atoms with Crippen molar-refractivity contribution in [1.29, 1.82) is 0 Å². The van der Waals surface area contributed by atoms with Crippen LogP contribution >= 0.6 is 23.1 Å². The third kappa shape index (κ3) is 3.49. The first-order chi connectivity index (χ1) is 8.16. The number of hydrogen-bond donors (Lipinski definition) is 1. The van der Waals surface area contributed by atoms with E-state index in [1.165, 1.54) is 48.3 Å². The monoisotopic (exact) mass is 270 g/mol. The molecule has 17 heavy (non-hydrogen) atoms. The molecule has 2 rings (SSSR count). The molecular formula is C13H18O2S2. The highest BCUT2D eigenvalue weighted by atomic mass is 32.2. The topological polar surface area (TPSA) is 37.3 Å². The molecule has 0 amide bonds. The van der Waals surface area contributed by atoms with Gasteiger partial charge in [-0.25, -0.2) is 4.79 Å². The fourth-order valence-electron chi connectivity index (χ4n) is 2.28. The normalized spacial score (nSPS) is 16.5. The van der Waals surface area contributed by atoms with Crippen molar-refractivity contribution >= 4 is 29.1 Å². The van der Waals surface area contributed by atoms with Crippen LogP contribution in [0.4, 0.5) is 0 Å². The molecule has 1 N–H and O–H groups in total. The molecule has 0 atom stereocenters. The molecule has 1 aromatic heterocycles. The van der Waals surface area contributed by atoms with E-state index in [9.17, 15) is 4.79 Å². The lowest BCUT2D eigenvalue weighted by Crippen LogP contribution is -1.97. The highest BCUT2D eigenvalue weighted by Crippen LogP contribution is 2.31. The summed E-state index contributed by atoms with van der Waals surface area (Å²) in [6.45, 7) is 2.02. The maximum Gasteiger partial charge on any atom is 0.345 e. The van der Waals surface area contributed by atoms with Crippen molar-refractivity contribution in [3.8, 4) is 0 Å². The number of aromatic carboxylic acids is 1. The number of aryl methyl sites for hydroxylation is 1. The van der Waals surface area contributed by atoms with Crippen LogP contribution in [0.25, 0.3) is 0 Å². The minimum Gasteiger partial charge on any atom is -0.477 e. The van der Waals surface area contributed by atoms with Crippen LogP contribution in [0.2, 0.25) is 0 Å². The van der Waals surface area contributed by atoms with Crippen LogP contribution in [0.15, 0.2) is 6.07 Å². The summed E-state index contributed by atoms with van der Waals surface area (Å²) >= 11 is 3.35. The van der Waals surface area contributed by atoms with E-state index in [-0.39, 0.29) is 0 Å². The number of carboxylic acids is 1. The lowest BCUT2D eigenvalue weighted by Gasteiger charge is -2.07. The molecule has 0 unspecified atom stereocenters. The van der Waals surface area contributed by atoms with Crippen molar-refractivity contribution in [3.05, 3.63) is 21.4 Å². The van der Waals surface area contributed by atoms with Crippen LogP contribution in [0, 0.1) is 12.8 Å². The number of thioether (sulfide) groups is 1. The Morgan fingerprint density at radius 1 is 1.53 bits per heavy atom. The lowest BCUT2D eigenvalue weighted by atomic mass is 10.1. The molecule has 1 heterocycles. The van der Waals surface area contributed by atoms with Gasteiger partial charge in [0.1, 0.15) is 4.88 Å². The minimum atomic E-state index is -0.801. The lowest BCUT2D eigenvalue weighted by molar-refractivity contribution is 0.0702. The SMILES string of the molecule is Cc1sc(C(=O)O)cc1CSCC1CCCC1. The zero-order valence-corrected chi connectivity index (χ0v) is 11.7. The number of hydrogen-bond acceptors (Lipinski definition) is 3. The summed E-state index contributed by atoms with van der Waals surface area (Å²) in [5.74, 6) is 2.30. The van der Waals surface area contributed by atoms with Gasteiger partial charge in [-0.1, -0.05) is 12.8 Å². The summed E-state index contributed by atoms with van der Waals surface area (Å²) in [4.78, 5) is 12.5. The summed E-state index contributed by atoms with van der Waals surface area (Å²) in [5, 5.41) is 8.92. The Morgan fingerprint density at radius 2 is 2.24 bits per heavy atom. The van der Waals surface area contributed by atoms with Gasteiger partial charge in [0, 0.05) is 10.6 Å². The van der Waals surface area contributed by atoms with Crippen molar-refractivity contribution in [2.75, 3.05) is 5.75 Å². The average molecular weight is 270 g/mol. The molecule has 0 bridgehead atoms. The Bertz CT molecular complexity index is 392. The van der Waals surface area contributed by atoms with Gasteiger partial charge in [-0.3, -0.25) is 0 Å². The van der Waals surface area contributed by atoms with Crippen molar-refractivity contribution in [1.82, 2.24) is 0 Å². The van der Waals surface area contributed by atoms with E-state index < -0.39 is 5.97 Å². The van der Waals surface area contributed by atoms with E-state index in [1.54, 1.807) is 0 Å². The Kier molecular flexibility index (Phi) is 4.51. The van der Waals surface area contributed by atoms with Gasteiger partial charge < -0.3 is 5.11 Å². The molecule has 2 nitrogen and oxygen atoms in total. The van der Waals surface area contributed by atoms with E-state index in [4.69, 9.17) is 5.11 Å². The highest BCUT2D eigenvalue weighted by molar-refractivity contribution is 7.98. The van der Waals surface area contributed by atoms with Crippen LogP contribution in [0.5, 0.6) is 0 Å². The van der Waals surface area contributed by atoms with Crippen molar-refractivity contribution in [2.24, 2.45) is 5.92 Å². The summed E-state index contributed by atoms with van der Waals surface area (Å²) in [7, 11) is 0. The van der Waals surface area contributed by atoms with Gasteiger partial charge in [-0.2, -0.15) is 11.8 Å². The molecule has 4 heteroatoms. The second-order valence-corrected chi connectivity index (χ2v) is 6.95. The molecule has 0 radical (unpaired) electrons. The van der Waals surface area contributed by atoms with Crippen molar-refractivity contribution < 1.29 is 9.90 Å². The first-order valence-electron chi connectivity index (χ1n) is 6.07. The summed E-state index contributed by atoms with van der Waals surface area (Å²) in [6.07, 6.45) is 5.56. The number of thiophene rings is 1. The van der Waals surface area contributed by atoms with E-state index in [1.807, 2.05) is 24.8 Å². The summed E-state index contributed by atoms with van der Waals surface area (Å²) in [5.41, 5.74) is 1.20. The molecule has 1 aliphatic rings. The Morgan fingerprint density at radius 3 is 2.82 bits per heavy atom. The third-order valence-corrected chi connectivity index (χ3v) is 5.62. The summed E-state index contributed by atoms with van der Waals surface area (Å²) < 4.78 is 0. The zero-order valence-electron chi connectivity index (χ0n) is 10.1. The zero-order chi connectivity index (χ0) is 12.3. The second-order valence-electron chi connectivity index (χ2n) is 4.66. The minimum absolute atomic E-state index is 0.471. The first kappa shape index (κ1) is 13.0. The fourth-order valence-corrected chi connectivity index (χ4v) is 4.56. The van der Waals surface area contributed by atoms with Crippen LogP contribution in [0.3, 0.4) is 0 Å². The molecule has 0 saturated heterocycles. The Labute approximate surface area is 110 Å². The predicted molar refractivity (Wildman–Crippen MR) is 74.1 cm³/mol. The number of carbonyl (C=O) groups is 1. The first-order valence-corrected chi connectivity index (χ1v) is 8.04. The van der Waals surface area contributed by atoms with Gasteiger partial charge in [0.2, 0.25) is 0 Å². The Hall–Kier alpha value is -0.480. The maximum absolute atomic E-state index is 10.9. The molecule has 0 aliphatic heterocycles. The molecule has 0 aromatic carbocycles. The van der Waals surface area contributed by atoms with Crippen LogP contribution in [-0.2, 0) is 5.75 Å². The van der Waals surface area contributed by atoms with Crippen LogP contribution in [0.1, 0.15) is 45.8 Å². The van der Waals surface area contributed by atoms with Gasteiger partial charge in [-0.15, -0.1) is 11.3 Å². The molecule has 1 fully saturated rings. The van der Waals surface area contributed by atoms with Crippen LogP contribution < -0.4 is 0 Å². The maximum atomic E-state index is 10.9. The van der Waals surface area contributed by atoms with Gasteiger partial charge in [0.15, 0.2) is 0 Å². The van der Waals surface area contributed by atoms with E-state index >= 15 is 0 Å². The number of carboxylic acid groups (broad SMARTS) is 1. The van der Waals surface area contributed by atoms with Gasteiger partial charge >= 0.3 is 5.97 Å². The molecule has 94 valence electrons.